The van der Waals surface area contributed by atoms with E-state index in [2.05, 4.69) is 23.5 Å². The maximum absolute atomic E-state index is 3.92. The molecule has 0 aliphatic carbocycles. The van der Waals surface area contributed by atoms with E-state index in [1.165, 1.54) is 0 Å². The van der Waals surface area contributed by atoms with Gasteiger partial charge in [0.25, 0.3) is 0 Å². The lowest BCUT2D eigenvalue weighted by Gasteiger charge is -1.88. The molecule has 0 unspecified atom stereocenters. The van der Waals surface area contributed by atoms with Crippen LogP contribution < -0.4 is 0 Å². The molecule has 0 amide bonds. The summed E-state index contributed by atoms with van der Waals surface area (Å²) in [5.41, 5.74) is 0.946. The molecule has 0 bridgehead atoms. The molecule has 3 heteroatoms. The van der Waals surface area contributed by atoms with Gasteiger partial charge in [-0.3, -0.25) is 0 Å². The van der Waals surface area contributed by atoms with E-state index >= 15 is 0 Å². The summed E-state index contributed by atoms with van der Waals surface area (Å²) in [6, 6.07) is 0. The fraction of sp³-hybridized carbons (Fsp3) is 0.250. The van der Waals surface area contributed by atoms with Crippen molar-refractivity contribution >= 4 is 0 Å². The van der Waals surface area contributed by atoms with E-state index in [1.54, 1.807) is 10.8 Å². The van der Waals surface area contributed by atoms with Gasteiger partial charge >= 0.3 is 0 Å². The van der Waals surface area contributed by atoms with Crippen molar-refractivity contribution < 1.29 is 0 Å². The quantitative estimate of drug-likeness (QED) is 0.602. The van der Waals surface area contributed by atoms with E-state index in [0.29, 0.717) is 6.54 Å². The molecule has 0 N–H and O–H groups in total. The number of nitrogens with zero attached hydrogens (tertiary/aromatic N) is 3. The molecule has 0 aromatic carbocycles. The van der Waals surface area contributed by atoms with Gasteiger partial charge in [-0.05, 0) is 0 Å². The van der Waals surface area contributed by atoms with Gasteiger partial charge in [0.1, 0.15) is 0 Å². The van der Waals surface area contributed by atoms with Crippen molar-refractivity contribution in [2.75, 3.05) is 0 Å². The standard InChI is InChI=1S/C8H11N3/c1-3-5-8-7-11(6-4-2)10-9-8/h3-4,7H,1-2,5-6H2. The third kappa shape index (κ3) is 2.04. The third-order valence-electron chi connectivity index (χ3n) is 1.26. The summed E-state index contributed by atoms with van der Waals surface area (Å²) in [5.74, 6) is 0. The minimum Gasteiger partial charge on any atom is -0.248 e. The molecule has 0 atom stereocenters. The second-order valence-corrected chi connectivity index (χ2v) is 2.21. The SMILES string of the molecule is C=CCc1cn(CC=C)nn1. The lowest BCUT2D eigenvalue weighted by molar-refractivity contribution is 0.662. The highest BCUT2D eigenvalue weighted by Crippen LogP contribution is 1.94. The van der Waals surface area contributed by atoms with Gasteiger partial charge in [0.2, 0.25) is 0 Å². The molecule has 0 fully saturated rings. The molecule has 1 rings (SSSR count). The molecule has 0 radical (unpaired) electrons. The molecule has 1 aromatic heterocycles. The Bertz CT molecular complexity index is 225. The van der Waals surface area contributed by atoms with Crippen molar-refractivity contribution in [3.05, 3.63) is 37.2 Å². The first-order valence-electron chi connectivity index (χ1n) is 3.47. The maximum atomic E-state index is 3.92. The fourth-order valence-electron chi connectivity index (χ4n) is 0.801. The van der Waals surface area contributed by atoms with Gasteiger partial charge in [0.15, 0.2) is 0 Å². The Morgan fingerprint density at radius 3 is 2.91 bits per heavy atom. The Morgan fingerprint density at radius 1 is 1.45 bits per heavy atom. The molecular formula is C8H11N3. The number of hydrogen-bond acceptors (Lipinski definition) is 2. The van der Waals surface area contributed by atoms with Crippen molar-refractivity contribution in [3.63, 3.8) is 0 Å². The fourth-order valence-corrected chi connectivity index (χ4v) is 0.801. The minimum atomic E-state index is 0.712. The smallest absolute Gasteiger partial charge is 0.0864 e. The maximum Gasteiger partial charge on any atom is 0.0864 e. The third-order valence-corrected chi connectivity index (χ3v) is 1.26. The van der Waals surface area contributed by atoms with Crippen molar-refractivity contribution in [1.82, 2.24) is 15.0 Å². The Morgan fingerprint density at radius 2 is 2.27 bits per heavy atom. The van der Waals surface area contributed by atoms with Crippen LogP contribution in [0.15, 0.2) is 31.5 Å². The van der Waals surface area contributed by atoms with Crippen LogP contribution in [0.2, 0.25) is 0 Å². The van der Waals surface area contributed by atoms with Crippen LogP contribution in [-0.2, 0) is 13.0 Å². The molecule has 3 nitrogen and oxygen atoms in total. The molecule has 11 heavy (non-hydrogen) atoms. The second kappa shape index (κ2) is 3.71. The molecule has 0 saturated carbocycles. The van der Waals surface area contributed by atoms with E-state index in [0.717, 1.165) is 12.1 Å². The van der Waals surface area contributed by atoms with Crippen molar-refractivity contribution in [1.29, 1.82) is 0 Å². The predicted octanol–water partition coefficient (Wildman–Crippen LogP) is 1.19. The van der Waals surface area contributed by atoms with Crippen LogP contribution in [0.1, 0.15) is 5.69 Å². The summed E-state index contributed by atoms with van der Waals surface area (Å²) in [6.07, 6.45) is 6.26. The van der Waals surface area contributed by atoms with Crippen molar-refractivity contribution in [2.45, 2.75) is 13.0 Å². The van der Waals surface area contributed by atoms with Crippen molar-refractivity contribution in [3.8, 4) is 0 Å². The van der Waals surface area contributed by atoms with E-state index < -0.39 is 0 Å². The summed E-state index contributed by atoms with van der Waals surface area (Å²) in [5, 5.41) is 7.79. The summed E-state index contributed by atoms with van der Waals surface area (Å²) in [7, 11) is 0. The van der Waals surface area contributed by atoms with Crippen LogP contribution >= 0.6 is 0 Å². The van der Waals surface area contributed by atoms with Gasteiger partial charge in [-0.2, -0.15) is 0 Å². The average Bonchev–Trinajstić information content (AvgIpc) is 2.38. The van der Waals surface area contributed by atoms with E-state index in [9.17, 15) is 0 Å². The highest BCUT2D eigenvalue weighted by atomic mass is 15.4. The largest absolute Gasteiger partial charge is 0.248 e. The molecule has 0 spiro atoms. The molecule has 1 aromatic rings. The minimum absolute atomic E-state index is 0.712. The highest BCUT2D eigenvalue weighted by molar-refractivity contribution is 4.98. The van der Waals surface area contributed by atoms with Crippen LogP contribution in [0.4, 0.5) is 0 Å². The van der Waals surface area contributed by atoms with E-state index in [1.807, 2.05) is 12.3 Å². The van der Waals surface area contributed by atoms with Gasteiger partial charge in [-0.25, -0.2) is 4.68 Å². The van der Waals surface area contributed by atoms with E-state index in [4.69, 9.17) is 0 Å². The topological polar surface area (TPSA) is 30.7 Å². The zero-order chi connectivity index (χ0) is 8.10. The number of allylic oxidation sites excluding steroid dienone is 2. The normalized spacial score (nSPS) is 9.45. The molecule has 58 valence electrons. The molecule has 0 saturated heterocycles. The zero-order valence-corrected chi connectivity index (χ0v) is 6.40. The predicted molar refractivity (Wildman–Crippen MR) is 44.1 cm³/mol. The van der Waals surface area contributed by atoms with Gasteiger partial charge in [-0.1, -0.05) is 17.4 Å². The van der Waals surface area contributed by atoms with Gasteiger partial charge in [0, 0.05) is 12.6 Å². The Kier molecular flexibility index (Phi) is 2.60. The van der Waals surface area contributed by atoms with Crippen LogP contribution in [0.25, 0.3) is 0 Å². The summed E-state index contributed by atoms with van der Waals surface area (Å²) in [4.78, 5) is 0. The van der Waals surface area contributed by atoms with Crippen LogP contribution in [-0.4, -0.2) is 15.0 Å². The summed E-state index contributed by atoms with van der Waals surface area (Å²) < 4.78 is 1.74. The number of rotatable bonds is 4. The van der Waals surface area contributed by atoms with Gasteiger partial charge < -0.3 is 0 Å². The van der Waals surface area contributed by atoms with Gasteiger partial charge in [0.05, 0.1) is 12.2 Å². The lowest BCUT2D eigenvalue weighted by atomic mass is 10.3. The first-order chi connectivity index (χ1) is 5.36. The molecule has 1 heterocycles. The molecule has 0 aliphatic heterocycles. The van der Waals surface area contributed by atoms with Crippen LogP contribution in [0.3, 0.4) is 0 Å². The van der Waals surface area contributed by atoms with Crippen molar-refractivity contribution in [2.24, 2.45) is 0 Å². The monoisotopic (exact) mass is 149 g/mol. The first kappa shape index (κ1) is 7.72. The molecule has 0 aliphatic rings. The average molecular weight is 149 g/mol. The summed E-state index contributed by atoms with van der Waals surface area (Å²) >= 11 is 0. The van der Waals surface area contributed by atoms with Crippen LogP contribution in [0, 0.1) is 0 Å². The number of hydrogen-bond donors (Lipinski definition) is 0. The van der Waals surface area contributed by atoms with Gasteiger partial charge in [-0.15, -0.1) is 18.3 Å². The van der Waals surface area contributed by atoms with Crippen LogP contribution in [0.5, 0.6) is 0 Å². The highest BCUT2D eigenvalue weighted by Gasteiger charge is 1.94. The van der Waals surface area contributed by atoms with E-state index in [-0.39, 0.29) is 0 Å². The Balaban J connectivity index is 2.64. The first-order valence-corrected chi connectivity index (χ1v) is 3.47. The number of aromatic nitrogens is 3. The second-order valence-electron chi connectivity index (χ2n) is 2.21. The lowest BCUT2D eigenvalue weighted by Crippen LogP contribution is -1.94. The Hall–Kier alpha value is -1.38. The zero-order valence-electron chi connectivity index (χ0n) is 6.40. The summed E-state index contributed by atoms with van der Waals surface area (Å²) in [6.45, 7) is 7.93. The Labute approximate surface area is 66.0 Å². The molecular weight excluding hydrogens is 138 g/mol.